The number of hydrogen-bond donors (Lipinski definition) is 1. The minimum Gasteiger partial charge on any atom is -0.377 e. The van der Waals surface area contributed by atoms with Crippen LogP contribution in [0.3, 0.4) is 0 Å². The average Bonchev–Trinajstić information content (AvgIpc) is 3.30. The molecule has 0 radical (unpaired) electrons. The standard InChI is InChI=1S/C33H41N3O3/c1-10-33(39)22-13-23-29-21(15-36(23)30(38)19(22)11-12-24(33)37)20(14-35(8)9)25-27-26(17(2)18(3)28(25)34-29)31(4,5)16-32(27,6)7/h13,39H,10-12,14-16H2,1-9H3/t33-/m0/s1. The van der Waals surface area contributed by atoms with E-state index in [0.29, 0.717) is 24.1 Å². The largest absolute Gasteiger partial charge is 0.377 e. The molecule has 1 aliphatic heterocycles. The molecule has 6 rings (SSSR count). The first-order chi connectivity index (χ1) is 18.1. The summed E-state index contributed by atoms with van der Waals surface area (Å²) in [6.45, 7) is 16.9. The highest BCUT2D eigenvalue weighted by atomic mass is 16.3. The maximum atomic E-state index is 13.9. The quantitative estimate of drug-likeness (QED) is 0.398. The second kappa shape index (κ2) is 8.11. The van der Waals surface area contributed by atoms with Gasteiger partial charge in [-0.15, -0.1) is 0 Å². The van der Waals surface area contributed by atoms with Crippen molar-refractivity contribution in [1.82, 2.24) is 14.5 Å². The molecule has 0 fully saturated rings. The Hall–Kier alpha value is -2.83. The molecule has 0 spiro atoms. The van der Waals surface area contributed by atoms with Crippen molar-refractivity contribution in [3.05, 3.63) is 60.9 Å². The molecule has 206 valence electrons. The van der Waals surface area contributed by atoms with Crippen molar-refractivity contribution in [3.63, 3.8) is 0 Å². The van der Waals surface area contributed by atoms with Gasteiger partial charge in [-0.1, -0.05) is 34.6 Å². The Labute approximate surface area is 231 Å². The van der Waals surface area contributed by atoms with Crippen molar-refractivity contribution >= 4 is 16.7 Å². The number of hydrogen-bond acceptors (Lipinski definition) is 5. The van der Waals surface area contributed by atoms with Gasteiger partial charge in [0.15, 0.2) is 5.78 Å². The number of aromatic nitrogens is 2. The zero-order valence-corrected chi connectivity index (χ0v) is 24.9. The molecule has 0 bridgehead atoms. The van der Waals surface area contributed by atoms with Gasteiger partial charge in [-0.25, -0.2) is 4.98 Å². The lowest BCUT2D eigenvalue weighted by molar-refractivity contribution is -0.140. The zero-order chi connectivity index (χ0) is 28.4. The fourth-order valence-corrected chi connectivity index (χ4v) is 8.36. The summed E-state index contributed by atoms with van der Waals surface area (Å²) in [4.78, 5) is 34.3. The number of carbonyl (C=O) groups excluding carboxylic acids is 1. The lowest BCUT2D eigenvalue weighted by Crippen LogP contribution is -2.43. The van der Waals surface area contributed by atoms with Crippen LogP contribution in [-0.4, -0.2) is 39.4 Å². The number of fused-ring (bicyclic) bond motifs is 7. The van der Waals surface area contributed by atoms with Crippen LogP contribution in [0.15, 0.2) is 10.9 Å². The topological polar surface area (TPSA) is 75.4 Å². The van der Waals surface area contributed by atoms with Crippen molar-refractivity contribution in [2.45, 2.75) is 104 Å². The monoisotopic (exact) mass is 527 g/mol. The summed E-state index contributed by atoms with van der Waals surface area (Å²) in [6, 6.07) is 1.89. The smallest absolute Gasteiger partial charge is 0.254 e. The number of pyridine rings is 2. The van der Waals surface area contributed by atoms with Crippen molar-refractivity contribution < 1.29 is 9.90 Å². The van der Waals surface area contributed by atoms with Gasteiger partial charge in [-0.05, 0) is 91.9 Å². The van der Waals surface area contributed by atoms with Gasteiger partial charge in [0.25, 0.3) is 5.56 Å². The minimum absolute atomic E-state index is 0.00805. The molecule has 1 atom stereocenters. The summed E-state index contributed by atoms with van der Waals surface area (Å²) >= 11 is 0. The highest BCUT2D eigenvalue weighted by Crippen LogP contribution is 2.55. The molecule has 0 saturated carbocycles. The summed E-state index contributed by atoms with van der Waals surface area (Å²) in [5.41, 5.74) is 9.63. The van der Waals surface area contributed by atoms with E-state index >= 15 is 0 Å². The van der Waals surface area contributed by atoms with E-state index in [9.17, 15) is 14.7 Å². The maximum Gasteiger partial charge on any atom is 0.254 e. The number of aliphatic hydroxyl groups is 1. The summed E-state index contributed by atoms with van der Waals surface area (Å²) < 4.78 is 1.83. The minimum atomic E-state index is -1.61. The highest BCUT2D eigenvalue weighted by Gasteiger charge is 2.47. The maximum absolute atomic E-state index is 13.9. The van der Waals surface area contributed by atoms with Crippen LogP contribution < -0.4 is 5.56 Å². The molecule has 0 saturated heterocycles. The van der Waals surface area contributed by atoms with E-state index < -0.39 is 5.60 Å². The molecule has 1 N–H and O–H groups in total. The van der Waals surface area contributed by atoms with Gasteiger partial charge in [0.2, 0.25) is 0 Å². The number of nitrogens with zero attached hydrogens (tertiary/aromatic N) is 3. The SMILES string of the molecule is CC[C@@]1(O)C(=O)CCc2c1cc1n(c2=O)Cc2c-1nc1c(C)c(C)c3c(c1c2CN(C)C)C(C)(C)CC3(C)C. The van der Waals surface area contributed by atoms with E-state index in [1.807, 2.05) is 17.6 Å². The van der Waals surface area contributed by atoms with Gasteiger partial charge < -0.3 is 14.6 Å². The van der Waals surface area contributed by atoms with Crippen LogP contribution in [0.5, 0.6) is 0 Å². The molecule has 2 aromatic heterocycles. The first-order valence-electron chi connectivity index (χ1n) is 14.3. The predicted molar refractivity (Wildman–Crippen MR) is 156 cm³/mol. The number of rotatable bonds is 3. The van der Waals surface area contributed by atoms with Crippen LogP contribution >= 0.6 is 0 Å². The number of ketones is 1. The van der Waals surface area contributed by atoms with E-state index in [2.05, 4.69) is 60.5 Å². The lowest BCUT2D eigenvalue weighted by atomic mass is 9.77. The van der Waals surface area contributed by atoms with Crippen LogP contribution in [-0.2, 0) is 40.7 Å². The van der Waals surface area contributed by atoms with Gasteiger partial charge in [0.05, 0.1) is 23.4 Å². The van der Waals surface area contributed by atoms with Gasteiger partial charge >= 0.3 is 0 Å². The third kappa shape index (κ3) is 3.37. The van der Waals surface area contributed by atoms with E-state index in [0.717, 1.165) is 35.4 Å². The van der Waals surface area contributed by atoms with Crippen molar-refractivity contribution in [1.29, 1.82) is 0 Å². The van der Waals surface area contributed by atoms with Gasteiger partial charge in [0.1, 0.15) is 5.60 Å². The third-order valence-corrected chi connectivity index (χ3v) is 9.90. The molecule has 3 aromatic rings. The molecule has 39 heavy (non-hydrogen) atoms. The molecule has 3 heterocycles. The second-order valence-corrected chi connectivity index (χ2v) is 13.8. The second-order valence-electron chi connectivity index (χ2n) is 13.8. The zero-order valence-electron chi connectivity index (χ0n) is 24.9. The summed E-state index contributed by atoms with van der Waals surface area (Å²) in [7, 11) is 4.18. The van der Waals surface area contributed by atoms with Crippen molar-refractivity contribution in [2.75, 3.05) is 14.1 Å². The van der Waals surface area contributed by atoms with Gasteiger partial charge in [-0.3, -0.25) is 9.59 Å². The molecule has 6 nitrogen and oxygen atoms in total. The lowest BCUT2D eigenvalue weighted by Gasteiger charge is -2.32. The molecule has 0 unspecified atom stereocenters. The van der Waals surface area contributed by atoms with Crippen molar-refractivity contribution in [2.24, 2.45) is 0 Å². The van der Waals surface area contributed by atoms with Gasteiger partial charge in [-0.2, -0.15) is 0 Å². The molecule has 3 aliphatic rings. The molecular weight excluding hydrogens is 486 g/mol. The Balaban J connectivity index is 1.75. The number of benzene rings is 1. The van der Waals surface area contributed by atoms with E-state index in [-0.39, 0.29) is 35.0 Å². The van der Waals surface area contributed by atoms with Crippen molar-refractivity contribution in [3.8, 4) is 11.4 Å². The highest BCUT2D eigenvalue weighted by molar-refractivity contribution is 5.96. The first kappa shape index (κ1) is 26.4. The first-order valence-corrected chi connectivity index (χ1v) is 14.3. The average molecular weight is 528 g/mol. The van der Waals surface area contributed by atoms with E-state index in [4.69, 9.17) is 4.98 Å². The van der Waals surface area contributed by atoms with Crippen LogP contribution in [0, 0.1) is 13.8 Å². The number of carbonyl (C=O) groups is 1. The molecule has 2 aliphatic carbocycles. The fourth-order valence-electron chi connectivity index (χ4n) is 8.36. The summed E-state index contributed by atoms with van der Waals surface area (Å²) in [6.07, 6.45) is 1.90. The molecule has 0 amide bonds. The Morgan fingerprint density at radius 1 is 1.00 bits per heavy atom. The van der Waals surface area contributed by atoms with Gasteiger partial charge in [0, 0.05) is 35.0 Å². The van der Waals surface area contributed by atoms with E-state index in [1.54, 1.807) is 0 Å². The normalized spacial score (nSPS) is 22.3. The summed E-state index contributed by atoms with van der Waals surface area (Å²) in [5.74, 6) is -0.202. The Morgan fingerprint density at radius 3 is 2.31 bits per heavy atom. The van der Waals surface area contributed by atoms with Crippen LogP contribution in [0.25, 0.3) is 22.3 Å². The van der Waals surface area contributed by atoms with Crippen LogP contribution in [0.2, 0.25) is 0 Å². The summed E-state index contributed by atoms with van der Waals surface area (Å²) in [5, 5.41) is 12.7. The van der Waals surface area contributed by atoms with Crippen LogP contribution in [0.4, 0.5) is 0 Å². The van der Waals surface area contributed by atoms with E-state index in [1.165, 1.54) is 33.2 Å². The number of aryl methyl sites for hydroxylation is 1. The molecule has 1 aromatic carbocycles. The predicted octanol–water partition coefficient (Wildman–Crippen LogP) is 5.18. The van der Waals surface area contributed by atoms with Crippen LogP contribution in [0.1, 0.15) is 98.4 Å². The molecular formula is C33H41N3O3. The Bertz CT molecular complexity index is 1670. The Kier molecular flexibility index (Phi) is 5.49. The fraction of sp³-hybridized carbons (Fsp3) is 0.545. The molecule has 6 heteroatoms. The third-order valence-electron chi connectivity index (χ3n) is 9.90. The number of Topliss-reactive ketones (excluding diaryl/α,β-unsaturated/α-hetero) is 1. The Morgan fingerprint density at radius 2 is 1.67 bits per heavy atom.